The second kappa shape index (κ2) is 10.2. The molecule has 0 bridgehead atoms. The van der Waals surface area contributed by atoms with Crippen LogP contribution in [0.15, 0.2) is 0 Å². The number of carbonyl (C=O) groups is 3. The predicted molar refractivity (Wildman–Crippen MR) is 94.2 cm³/mol. The van der Waals surface area contributed by atoms with Gasteiger partial charge in [-0.2, -0.15) is 11.8 Å². The zero-order valence-electron chi connectivity index (χ0n) is 14.1. The first kappa shape index (κ1) is 20.4. The number of amides is 2. The van der Waals surface area contributed by atoms with Crippen molar-refractivity contribution in [2.24, 2.45) is 0 Å². The molecule has 0 aliphatic carbocycles. The molecule has 1 aromatic heterocycles. The zero-order chi connectivity index (χ0) is 18.1. The predicted octanol–water partition coefficient (Wildman–Crippen LogP) is 1.40. The van der Waals surface area contributed by atoms with Gasteiger partial charge < -0.3 is 10.1 Å². The Morgan fingerprint density at radius 3 is 2.54 bits per heavy atom. The van der Waals surface area contributed by atoms with Gasteiger partial charge in [-0.15, -0.1) is 10.2 Å². The molecular formula is C14H22N4O4S2. The van der Waals surface area contributed by atoms with E-state index in [1.165, 1.54) is 18.3 Å². The van der Waals surface area contributed by atoms with Gasteiger partial charge in [-0.3, -0.25) is 14.9 Å². The number of hydrogen-bond acceptors (Lipinski definition) is 8. The summed E-state index contributed by atoms with van der Waals surface area (Å²) < 4.78 is 4.97. The molecule has 0 unspecified atom stereocenters. The maximum absolute atomic E-state index is 12.0. The fourth-order valence-electron chi connectivity index (χ4n) is 1.64. The fraction of sp³-hybridized carbons (Fsp3) is 0.643. The minimum atomic E-state index is -0.753. The molecule has 0 spiro atoms. The summed E-state index contributed by atoms with van der Waals surface area (Å²) in [7, 11) is 0. The third kappa shape index (κ3) is 7.26. The quantitative estimate of drug-likeness (QED) is 0.629. The molecule has 1 rings (SSSR count). The Labute approximate surface area is 149 Å². The van der Waals surface area contributed by atoms with Crippen LogP contribution in [0.1, 0.15) is 38.1 Å². The van der Waals surface area contributed by atoms with Crippen molar-refractivity contribution in [2.45, 2.75) is 39.2 Å². The molecule has 0 aliphatic rings. The van der Waals surface area contributed by atoms with E-state index in [-0.39, 0.29) is 11.8 Å². The van der Waals surface area contributed by atoms with Crippen molar-refractivity contribution >= 4 is 46.0 Å². The van der Waals surface area contributed by atoms with Gasteiger partial charge in [0, 0.05) is 12.8 Å². The van der Waals surface area contributed by atoms with Gasteiger partial charge in [0.15, 0.2) is 6.61 Å². The average Bonchev–Trinajstić information content (AvgIpc) is 2.97. The van der Waals surface area contributed by atoms with E-state index in [1.54, 1.807) is 11.8 Å². The van der Waals surface area contributed by atoms with Gasteiger partial charge in [-0.1, -0.05) is 25.2 Å². The van der Waals surface area contributed by atoms with E-state index < -0.39 is 24.5 Å². The highest BCUT2D eigenvalue weighted by Gasteiger charge is 2.21. The monoisotopic (exact) mass is 374 g/mol. The lowest BCUT2D eigenvalue weighted by Crippen LogP contribution is -2.42. The molecule has 2 amide bonds. The molecule has 0 aliphatic heterocycles. The second-order valence-corrected chi connectivity index (χ2v) is 7.29. The molecule has 0 aromatic carbocycles. The van der Waals surface area contributed by atoms with Crippen LogP contribution in [0.25, 0.3) is 0 Å². The number of nitrogens with one attached hydrogen (secondary N) is 2. The van der Waals surface area contributed by atoms with E-state index in [4.69, 9.17) is 4.74 Å². The SMILES string of the molecule is CSCC[C@@H](NC(C)=O)C(=O)OCC(=O)Nc1nnc(C(C)C)s1. The van der Waals surface area contributed by atoms with Crippen LogP contribution < -0.4 is 10.6 Å². The van der Waals surface area contributed by atoms with Crippen LogP contribution in [0, 0.1) is 0 Å². The largest absolute Gasteiger partial charge is 0.454 e. The summed E-state index contributed by atoms with van der Waals surface area (Å²) in [6.07, 6.45) is 2.34. The Morgan fingerprint density at radius 1 is 1.29 bits per heavy atom. The Hall–Kier alpha value is -1.68. The van der Waals surface area contributed by atoms with Gasteiger partial charge in [-0.25, -0.2) is 4.79 Å². The van der Waals surface area contributed by atoms with Crippen molar-refractivity contribution in [2.75, 3.05) is 23.9 Å². The lowest BCUT2D eigenvalue weighted by atomic mass is 10.2. The summed E-state index contributed by atoms with van der Waals surface area (Å²) in [6.45, 7) is 4.84. The smallest absolute Gasteiger partial charge is 0.329 e. The first-order valence-electron chi connectivity index (χ1n) is 7.39. The molecule has 2 N–H and O–H groups in total. The first-order chi connectivity index (χ1) is 11.3. The van der Waals surface area contributed by atoms with E-state index in [0.29, 0.717) is 17.3 Å². The van der Waals surface area contributed by atoms with Gasteiger partial charge >= 0.3 is 5.97 Å². The lowest BCUT2D eigenvalue weighted by Gasteiger charge is -2.15. The van der Waals surface area contributed by atoms with Gasteiger partial charge in [0.1, 0.15) is 11.0 Å². The Kier molecular flexibility index (Phi) is 8.69. The Bertz CT molecular complexity index is 577. The summed E-state index contributed by atoms with van der Waals surface area (Å²) in [5.74, 6) is -0.538. The maximum Gasteiger partial charge on any atom is 0.329 e. The number of anilines is 1. The number of ether oxygens (including phenoxy) is 1. The van der Waals surface area contributed by atoms with E-state index >= 15 is 0 Å². The molecule has 0 fully saturated rings. The molecule has 0 saturated heterocycles. The van der Waals surface area contributed by atoms with Crippen LogP contribution in [0.5, 0.6) is 0 Å². The number of rotatable bonds is 9. The first-order valence-corrected chi connectivity index (χ1v) is 9.60. The normalized spacial score (nSPS) is 11.9. The molecule has 1 aromatic rings. The van der Waals surface area contributed by atoms with Crippen LogP contribution >= 0.6 is 23.1 Å². The van der Waals surface area contributed by atoms with Gasteiger partial charge in [0.05, 0.1) is 0 Å². The van der Waals surface area contributed by atoms with Crippen molar-refractivity contribution in [1.29, 1.82) is 0 Å². The number of aromatic nitrogens is 2. The fourth-order valence-corrected chi connectivity index (χ4v) is 2.87. The molecule has 10 heteroatoms. The number of nitrogens with zero attached hydrogens (tertiary/aromatic N) is 2. The van der Waals surface area contributed by atoms with Crippen molar-refractivity contribution in [3.63, 3.8) is 0 Å². The summed E-state index contributed by atoms with van der Waals surface area (Å²) in [5, 5.41) is 14.0. The molecule has 1 atom stereocenters. The molecule has 24 heavy (non-hydrogen) atoms. The molecule has 8 nitrogen and oxygen atoms in total. The zero-order valence-corrected chi connectivity index (χ0v) is 15.8. The van der Waals surface area contributed by atoms with Crippen molar-refractivity contribution in [1.82, 2.24) is 15.5 Å². The number of carbonyl (C=O) groups excluding carboxylic acids is 3. The van der Waals surface area contributed by atoms with Crippen LogP contribution in [0.4, 0.5) is 5.13 Å². The van der Waals surface area contributed by atoms with Crippen LogP contribution in [0.2, 0.25) is 0 Å². The second-order valence-electron chi connectivity index (χ2n) is 5.29. The van der Waals surface area contributed by atoms with Gasteiger partial charge in [0.2, 0.25) is 11.0 Å². The molecule has 0 radical (unpaired) electrons. The van der Waals surface area contributed by atoms with Crippen LogP contribution in [-0.2, 0) is 19.1 Å². The number of hydrogen-bond donors (Lipinski definition) is 2. The van der Waals surface area contributed by atoms with E-state index in [2.05, 4.69) is 20.8 Å². The standard InChI is InChI=1S/C14H22N4O4S2/c1-8(2)12-17-18-14(24-12)16-11(20)7-22-13(21)10(5-6-23-4)15-9(3)19/h8,10H,5-7H2,1-4H3,(H,15,19)(H,16,18,20)/t10-/m1/s1. The number of esters is 1. The lowest BCUT2D eigenvalue weighted by molar-refractivity contribution is -0.150. The molecular weight excluding hydrogens is 352 g/mol. The molecule has 134 valence electrons. The Morgan fingerprint density at radius 2 is 2.00 bits per heavy atom. The summed E-state index contributed by atoms with van der Waals surface area (Å²) in [5.41, 5.74) is 0. The van der Waals surface area contributed by atoms with E-state index in [9.17, 15) is 14.4 Å². The third-order valence-electron chi connectivity index (χ3n) is 2.80. The highest BCUT2D eigenvalue weighted by molar-refractivity contribution is 7.98. The summed E-state index contributed by atoms with van der Waals surface area (Å²) >= 11 is 2.83. The van der Waals surface area contributed by atoms with E-state index in [1.807, 2.05) is 20.1 Å². The highest BCUT2D eigenvalue weighted by Crippen LogP contribution is 2.22. The van der Waals surface area contributed by atoms with Gasteiger partial charge in [0.25, 0.3) is 5.91 Å². The van der Waals surface area contributed by atoms with Crippen LogP contribution in [-0.4, -0.2) is 52.6 Å². The maximum atomic E-state index is 12.0. The minimum absolute atomic E-state index is 0.223. The van der Waals surface area contributed by atoms with Crippen molar-refractivity contribution in [3.05, 3.63) is 5.01 Å². The summed E-state index contributed by atoms with van der Waals surface area (Å²) in [6, 6.07) is -0.753. The van der Waals surface area contributed by atoms with E-state index in [0.717, 1.165) is 5.01 Å². The van der Waals surface area contributed by atoms with Crippen molar-refractivity contribution < 1.29 is 19.1 Å². The molecule has 0 saturated carbocycles. The van der Waals surface area contributed by atoms with Gasteiger partial charge in [-0.05, 0) is 18.4 Å². The minimum Gasteiger partial charge on any atom is -0.454 e. The molecule has 1 heterocycles. The topological polar surface area (TPSA) is 110 Å². The number of thioether (sulfide) groups is 1. The van der Waals surface area contributed by atoms with Crippen molar-refractivity contribution in [3.8, 4) is 0 Å². The average molecular weight is 374 g/mol. The van der Waals surface area contributed by atoms with Crippen LogP contribution in [0.3, 0.4) is 0 Å². The third-order valence-corrected chi connectivity index (χ3v) is 4.58. The summed E-state index contributed by atoms with van der Waals surface area (Å²) in [4.78, 5) is 34.9. The Balaban J connectivity index is 2.47. The highest BCUT2D eigenvalue weighted by atomic mass is 32.2.